The summed E-state index contributed by atoms with van der Waals surface area (Å²) in [6.07, 6.45) is 1.30. The Kier molecular flexibility index (Phi) is 5.74. The van der Waals surface area contributed by atoms with Gasteiger partial charge in [0.1, 0.15) is 17.6 Å². The van der Waals surface area contributed by atoms with E-state index in [2.05, 4.69) is 5.32 Å². The summed E-state index contributed by atoms with van der Waals surface area (Å²) in [6, 6.07) is 7.77. The zero-order chi connectivity index (χ0) is 18.7. The number of carbonyl (C=O) groups excluding carboxylic acids is 1. The number of hydrogen-bond donors (Lipinski definition) is 1. The van der Waals surface area contributed by atoms with Gasteiger partial charge < -0.3 is 19.4 Å². The quantitative estimate of drug-likeness (QED) is 0.837. The first-order valence-electron chi connectivity index (χ1n) is 8.20. The van der Waals surface area contributed by atoms with Crippen LogP contribution in [0.2, 0.25) is 10.0 Å². The molecule has 2 aromatic rings. The normalized spacial score (nSPS) is 15.0. The van der Waals surface area contributed by atoms with Crippen molar-refractivity contribution in [1.82, 2.24) is 4.90 Å². The summed E-state index contributed by atoms with van der Waals surface area (Å²) in [4.78, 5) is 25.5. The van der Waals surface area contributed by atoms with Gasteiger partial charge in [0.25, 0.3) is 0 Å². The second-order valence-corrected chi connectivity index (χ2v) is 6.90. The first-order chi connectivity index (χ1) is 12.4. The van der Waals surface area contributed by atoms with E-state index in [0.29, 0.717) is 53.2 Å². The van der Waals surface area contributed by atoms with Crippen molar-refractivity contribution >= 4 is 34.9 Å². The topological polar surface area (TPSA) is 71.8 Å². The van der Waals surface area contributed by atoms with Crippen LogP contribution in [0.5, 0.6) is 5.75 Å². The largest absolute Gasteiger partial charge is 0.490 e. The van der Waals surface area contributed by atoms with E-state index in [-0.39, 0.29) is 12.1 Å². The number of ether oxygens (including phenoxy) is 1. The maximum absolute atomic E-state index is 12.4. The predicted octanol–water partition coefficient (Wildman–Crippen LogP) is 4.33. The SMILES string of the molecule is Cc1cc(OC2CCN(C(=O)Nc3ccc(Cl)c(Cl)c3)CC2)cc(=O)o1. The summed E-state index contributed by atoms with van der Waals surface area (Å²) in [5.41, 5.74) is 0.160. The number of carbonyl (C=O) groups is 1. The molecular weight excluding hydrogens is 379 g/mol. The number of aryl methyl sites for hydroxylation is 1. The molecule has 1 saturated heterocycles. The molecule has 1 aromatic carbocycles. The molecule has 138 valence electrons. The molecule has 1 aliphatic rings. The van der Waals surface area contributed by atoms with Gasteiger partial charge in [-0.3, -0.25) is 0 Å². The highest BCUT2D eigenvalue weighted by molar-refractivity contribution is 6.42. The van der Waals surface area contributed by atoms with Crippen LogP contribution in [0.25, 0.3) is 0 Å². The molecule has 0 spiro atoms. The molecule has 26 heavy (non-hydrogen) atoms. The minimum absolute atomic E-state index is 0.0507. The third kappa shape index (κ3) is 4.71. The molecule has 0 atom stereocenters. The lowest BCUT2D eigenvalue weighted by atomic mass is 10.1. The van der Waals surface area contributed by atoms with Gasteiger partial charge in [-0.15, -0.1) is 0 Å². The van der Waals surface area contributed by atoms with Gasteiger partial charge in [0.05, 0.1) is 16.1 Å². The van der Waals surface area contributed by atoms with Crippen molar-refractivity contribution in [2.24, 2.45) is 0 Å². The molecule has 0 unspecified atom stereocenters. The van der Waals surface area contributed by atoms with Crippen molar-refractivity contribution < 1.29 is 13.9 Å². The van der Waals surface area contributed by atoms with E-state index in [9.17, 15) is 9.59 Å². The molecule has 1 fully saturated rings. The lowest BCUT2D eigenvalue weighted by molar-refractivity contribution is 0.115. The highest BCUT2D eigenvalue weighted by atomic mass is 35.5. The van der Waals surface area contributed by atoms with Crippen LogP contribution < -0.4 is 15.7 Å². The number of piperidine rings is 1. The van der Waals surface area contributed by atoms with Crippen LogP contribution in [0.15, 0.2) is 39.5 Å². The van der Waals surface area contributed by atoms with Gasteiger partial charge in [-0.25, -0.2) is 9.59 Å². The van der Waals surface area contributed by atoms with Gasteiger partial charge in [-0.2, -0.15) is 0 Å². The number of hydrogen-bond acceptors (Lipinski definition) is 4. The first kappa shape index (κ1) is 18.6. The lowest BCUT2D eigenvalue weighted by Crippen LogP contribution is -2.43. The average molecular weight is 397 g/mol. The van der Waals surface area contributed by atoms with Gasteiger partial charge in [0.15, 0.2) is 0 Å². The Morgan fingerprint density at radius 1 is 1.19 bits per heavy atom. The molecule has 1 aromatic heterocycles. The summed E-state index contributed by atoms with van der Waals surface area (Å²) < 4.78 is 10.8. The number of rotatable bonds is 3. The predicted molar refractivity (Wildman–Crippen MR) is 100 cm³/mol. The highest BCUT2D eigenvalue weighted by Crippen LogP contribution is 2.25. The average Bonchev–Trinajstić information content (AvgIpc) is 2.58. The number of benzene rings is 1. The van der Waals surface area contributed by atoms with Crippen molar-refractivity contribution in [3.63, 3.8) is 0 Å². The summed E-state index contributed by atoms with van der Waals surface area (Å²) in [7, 11) is 0. The Morgan fingerprint density at radius 2 is 1.92 bits per heavy atom. The smallest absolute Gasteiger partial charge is 0.339 e. The van der Waals surface area contributed by atoms with E-state index in [1.54, 1.807) is 36.1 Å². The maximum Gasteiger partial charge on any atom is 0.339 e. The minimum atomic E-state index is -0.432. The Hall–Kier alpha value is -2.18. The van der Waals surface area contributed by atoms with Crippen LogP contribution in [-0.4, -0.2) is 30.1 Å². The van der Waals surface area contributed by atoms with E-state index < -0.39 is 5.63 Å². The number of halogens is 2. The standard InChI is InChI=1S/C18H18Cl2N2O4/c1-11-8-14(10-17(23)25-11)26-13-4-6-22(7-5-13)18(24)21-12-2-3-15(19)16(20)9-12/h2-3,8-10,13H,4-7H2,1H3,(H,21,24). The van der Waals surface area contributed by atoms with Crippen LogP contribution in [0.3, 0.4) is 0 Å². The molecule has 3 rings (SSSR count). The fourth-order valence-corrected chi connectivity index (χ4v) is 3.09. The van der Waals surface area contributed by atoms with Gasteiger partial charge >= 0.3 is 11.7 Å². The van der Waals surface area contributed by atoms with Gasteiger partial charge in [-0.05, 0) is 25.1 Å². The number of likely N-dealkylation sites (tertiary alicyclic amines) is 1. The zero-order valence-corrected chi connectivity index (χ0v) is 15.6. The third-order valence-corrected chi connectivity index (χ3v) is 4.81. The van der Waals surface area contributed by atoms with Crippen molar-refractivity contribution in [3.05, 3.63) is 56.6 Å². The number of anilines is 1. The molecule has 1 aliphatic heterocycles. The fraction of sp³-hybridized carbons (Fsp3) is 0.333. The van der Waals surface area contributed by atoms with Crippen LogP contribution in [-0.2, 0) is 0 Å². The Bertz CT molecular complexity index is 861. The van der Waals surface area contributed by atoms with Crippen LogP contribution in [0, 0.1) is 6.92 Å². The fourth-order valence-electron chi connectivity index (χ4n) is 2.79. The monoisotopic (exact) mass is 396 g/mol. The summed E-state index contributed by atoms with van der Waals surface area (Å²) in [5, 5.41) is 3.63. The second-order valence-electron chi connectivity index (χ2n) is 6.09. The Labute approximate surface area is 160 Å². The molecule has 1 N–H and O–H groups in total. The molecule has 2 amide bonds. The Balaban J connectivity index is 1.53. The molecule has 0 radical (unpaired) electrons. The summed E-state index contributed by atoms with van der Waals surface area (Å²) >= 11 is 11.8. The van der Waals surface area contributed by atoms with Gasteiger partial charge in [-0.1, -0.05) is 23.2 Å². The van der Waals surface area contributed by atoms with E-state index in [0.717, 1.165) is 0 Å². The molecule has 2 heterocycles. The maximum atomic E-state index is 12.4. The van der Waals surface area contributed by atoms with Crippen molar-refractivity contribution in [3.8, 4) is 5.75 Å². The molecular formula is C18H18Cl2N2O4. The van der Waals surface area contributed by atoms with Crippen LogP contribution >= 0.6 is 23.2 Å². The number of nitrogens with zero attached hydrogens (tertiary/aromatic N) is 1. The Morgan fingerprint density at radius 3 is 2.58 bits per heavy atom. The van der Waals surface area contributed by atoms with E-state index in [1.807, 2.05) is 0 Å². The second kappa shape index (κ2) is 8.01. The van der Waals surface area contributed by atoms with Gasteiger partial charge in [0, 0.05) is 37.7 Å². The van der Waals surface area contributed by atoms with E-state index >= 15 is 0 Å². The number of amides is 2. The molecule has 0 bridgehead atoms. The molecule has 0 aliphatic carbocycles. The lowest BCUT2D eigenvalue weighted by Gasteiger charge is -2.32. The van der Waals surface area contributed by atoms with Gasteiger partial charge in [0.2, 0.25) is 0 Å². The van der Waals surface area contributed by atoms with Crippen molar-refractivity contribution in [2.75, 3.05) is 18.4 Å². The molecule has 8 heteroatoms. The minimum Gasteiger partial charge on any atom is -0.490 e. The number of nitrogens with one attached hydrogen (secondary N) is 1. The number of urea groups is 1. The van der Waals surface area contributed by atoms with E-state index in [1.165, 1.54) is 6.07 Å². The summed E-state index contributed by atoms with van der Waals surface area (Å²) in [6.45, 7) is 2.81. The zero-order valence-electron chi connectivity index (χ0n) is 14.1. The van der Waals surface area contributed by atoms with Crippen molar-refractivity contribution in [2.45, 2.75) is 25.9 Å². The van der Waals surface area contributed by atoms with E-state index in [4.69, 9.17) is 32.4 Å². The summed E-state index contributed by atoms with van der Waals surface area (Å²) in [5.74, 6) is 1.00. The van der Waals surface area contributed by atoms with Crippen LogP contribution in [0.4, 0.5) is 10.5 Å². The molecule has 6 nitrogen and oxygen atoms in total. The van der Waals surface area contributed by atoms with Crippen molar-refractivity contribution in [1.29, 1.82) is 0 Å². The highest BCUT2D eigenvalue weighted by Gasteiger charge is 2.24. The van der Waals surface area contributed by atoms with Crippen LogP contribution in [0.1, 0.15) is 18.6 Å². The molecule has 0 saturated carbocycles. The first-order valence-corrected chi connectivity index (χ1v) is 8.96. The third-order valence-electron chi connectivity index (χ3n) is 4.07.